The SMILES string of the molecule is Cc1noc(CSCC2CNC2)n1. The normalized spacial score (nSPS) is 17.3. The fourth-order valence-corrected chi connectivity index (χ4v) is 2.16. The molecule has 72 valence electrons. The van der Waals surface area contributed by atoms with Crippen molar-refractivity contribution in [1.82, 2.24) is 15.5 Å². The molecule has 0 bridgehead atoms. The summed E-state index contributed by atoms with van der Waals surface area (Å²) in [7, 11) is 0. The van der Waals surface area contributed by atoms with Crippen LogP contribution in [0, 0.1) is 12.8 Å². The minimum atomic E-state index is 0.723. The van der Waals surface area contributed by atoms with Crippen molar-refractivity contribution in [2.75, 3.05) is 18.8 Å². The molecule has 2 heterocycles. The zero-order chi connectivity index (χ0) is 9.10. The van der Waals surface area contributed by atoms with Crippen molar-refractivity contribution in [3.05, 3.63) is 11.7 Å². The third-order valence-electron chi connectivity index (χ3n) is 2.01. The number of nitrogens with one attached hydrogen (secondary N) is 1. The summed E-state index contributed by atoms with van der Waals surface area (Å²) >= 11 is 1.87. The molecule has 13 heavy (non-hydrogen) atoms. The third-order valence-corrected chi connectivity index (χ3v) is 3.17. The van der Waals surface area contributed by atoms with E-state index >= 15 is 0 Å². The Labute approximate surface area is 81.5 Å². The molecule has 0 aliphatic carbocycles. The number of thioether (sulfide) groups is 1. The van der Waals surface area contributed by atoms with Gasteiger partial charge in [0.2, 0.25) is 5.89 Å². The van der Waals surface area contributed by atoms with E-state index in [-0.39, 0.29) is 0 Å². The Hall–Kier alpha value is -0.550. The van der Waals surface area contributed by atoms with Gasteiger partial charge in [-0.1, -0.05) is 5.16 Å². The van der Waals surface area contributed by atoms with Crippen LogP contribution in [0.3, 0.4) is 0 Å². The van der Waals surface area contributed by atoms with Gasteiger partial charge < -0.3 is 9.84 Å². The van der Waals surface area contributed by atoms with Crippen molar-refractivity contribution in [1.29, 1.82) is 0 Å². The van der Waals surface area contributed by atoms with E-state index < -0.39 is 0 Å². The lowest BCUT2D eigenvalue weighted by Gasteiger charge is -2.26. The molecule has 0 saturated carbocycles. The van der Waals surface area contributed by atoms with Gasteiger partial charge in [-0.05, 0) is 31.7 Å². The fourth-order valence-electron chi connectivity index (χ4n) is 1.18. The van der Waals surface area contributed by atoms with Gasteiger partial charge in [0, 0.05) is 0 Å². The largest absolute Gasteiger partial charge is 0.338 e. The monoisotopic (exact) mass is 199 g/mol. The maximum atomic E-state index is 5.00. The summed E-state index contributed by atoms with van der Waals surface area (Å²) < 4.78 is 5.00. The summed E-state index contributed by atoms with van der Waals surface area (Å²) in [4.78, 5) is 4.14. The standard InChI is InChI=1S/C8H13N3OS/c1-6-10-8(12-11-6)5-13-4-7-2-9-3-7/h7,9H,2-5H2,1H3. The van der Waals surface area contributed by atoms with Crippen LogP contribution in [0.1, 0.15) is 11.7 Å². The highest BCUT2D eigenvalue weighted by atomic mass is 32.2. The maximum absolute atomic E-state index is 5.00. The van der Waals surface area contributed by atoms with Gasteiger partial charge in [0.15, 0.2) is 5.82 Å². The number of rotatable bonds is 4. The number of aromatic nitrogens is 2. The quantitative estimate of drug-likeness (QED) is 0.778. The van der Waals surface area contributed by atoms with E-state index in [0.717, 1.165) is 36.5 Å². The van der Waals surface area contributed by atoms with Gasteiger partial charge in [-0.2, -0.15) is 16.7 Å². The van der Waals surface area contributed by atoms with Crippen LogP contribution < -0.4 is 5.32 Å². The lowest BCUT2D eigenvalue weighted by molar-refractivity contribution is 0.381. The Balaban J connectivity index is 1.67. The predicted molar refractivity (Wildman–Crippen MR) is 51.6 cm³/mol. The topological polar surface area (TPSA) is 51.0 Å². The van der Waals surface area contributed by atoms with E-state index in [9.17, 15) is 0 Å². The molecule has 0 aromatic carbocycles. The first-order valence-corrected chi connectivity index (χ1v) is 5.57. The first-order valence-electron chi connectivity index (χ1n) is 4.42. The van der Waals surface area contributed by atoms with Gasteiger partial charge in [-0.25, -0.2) is 0 Å². The van der Waals surface area contributed by atoms with Crippen LogP contribution in [-0.2, 0) is 5.75 Å². The minimum Gasteiger partial charge on any atom is -0.338 e. The van der Waals surface area contributed by atoms with Crippen molar-refractivity contribution in [2.45, 2.75) is 12.7 Å². The van der Waals surface area contributed by atoms with Gasteiger partial charge in [-0.15, -0.1) is 0 Å². The second-order valence-electron chi connectivity index (χ2n) is 3.27. The van der Waals surface area contributed by atoms with Gasteiger partial charge >= 0.3 is 0 Å². The molecular weight excluding hydrogens is 186 g/mol. The summed E-state index contributed by atoms with van der Waals surface area (Å²) in [5.74, 6) is 4.34. The van der Waals surface area contributed by atoms with Crippen LogP contribution in [0.25, 0.3) is 0 Å². The molecule has 4 nitrogen and oxygen atoms in total. The molecule has 1 N–H and O–H groups in total. The zero-order valence-electron chi connectivity index (χ0n) is 7.62. The predicted octanol–water partition coefficient (Wildman–Crippen LogP) is 0.831. The van der Waals surface area contributed by atoms with Crippen molar-refractivity contribution in [3.8, 4) is 0 Å². The van der Waals surface area contributed by atoms with E-state index in [1.54, 1.807) is 0 Å². The molecule has 1 saturated heterocycles. The molecule has 0 spiro atoms. The summed E-state index contributed by atoms with van der Waals surface area (Å²) in [5, 5.41) is 6.99. The lowest BCUT2D eigenvalue weighted by Crippen LogP contribution is -2.43. The molecule has 0 unspecified atom stereocenters. The van der Waals surface area contributed by atoms with Gasteiger partial charge in [-0.3, -0.25) is 0 Å². The van der Waals surface area contributed by atoms with Crippen LogP contribution in [-0.4, -0.2) is 29.0 Å². The van der Waals surface area contributed by atoms with Gasteiger partial charge in [0.05, 0.1) is 5.75 Å². The molecule has 0 atom stereocenters. The fraction of sp³-hybridized carbons (Fsp3) is 0.750. The maximum Gasteiger partial charge on any atom is 0.236 e. The second kappa shape index (κ2) is 4.11. The van der Waals surface area contributed by atoms with Crippen molar-refractivity contribution in [2.24, 2.45) is 5.92 Å². The van der Waals surface area contributed by atoms with E-state index in [1.165, 1.54) is 5.75 Å². The van der Waals surface area contributed by atoms with Crippen molar-refractivity contribution >= 4 is 11.8 Å². The van der Waals surface area contributed by atoms with Crippen LogP contribution in [0.5, 0.6) is 0 Å². The second-order valence-corrected chi connectivity index (χ2v) is 4.30. The average molecular weight is 199 g/mol. The molecule has 1 aromatic rings. The highest BCUT2D eigenvalue weighted by molar-refractivity contribution is 7.98. The van der Waals surface area contributed by atoms with E-state index in [4.69, 9.17) is 4.52 Å². The highest BCUT2D eigenvalue weighted by Gasteiger charge is 2.16. The number of nitrogens with zero attached hydrogens (tertiary/aromatic N) is 2. The molecule has 1 fully saturated rings. The smallest absolute Gasteiger partial charge is 0.236 e. The Morgan fingerprint density at radius 3 is 3.00 bits per heavy atom. The molecule has 0 radical (unpaired) electrons. The first-order chi connectivity index (χ1) is 6.34. The third kappa shape index (κ3) is 2.45. The molecule has 2 rings (SSSR count). The lowest BCUT2D eigenvalue weighted by atomic mass is 10.1. The zero-order valence-corrected chi connectivity index (χ0v) is 8.43. The molecule has 0 amide bonds. The van der Waals surface area contributed by atoms with Crippen LogP contribution in [0.4, 0.5) is 0 Å². The highest BCUT2D eigenvalue weighted by Crippen LogP contribution is 2.16. The van der Waals surface area contributed by atoms with E-state index in [1.807, 2.05) is 18.7 Å². The van der Waals surface area contributed by atoms with E-state index in [0.29, 0.717) is 0 Å². The summed E-state index contributed by atoms with van der Waals surface area (Å²) in [5.41, 5.74) is 0. The number of aryl methyl sites for hydroxylation is 1. The Morgan fingerprint density at radius 1 is 1.62 bits per heavy atom. The molecule has 1 aromatic heterocycles. The Morgan fingerprint density at radius 2 is 2.46 bits per heavy atom. The number of hydrogen-bond acceptors (Lipinski definition) is 5. The Bertz CT molecular complexity index is 272. The van der Waals surface area contributed by atoms with Gasteiger partial charge in [0.1, 0.15) is 0 Å². The molecular formula is C8H13N3OS. The first kappa shape index (κ1) is 9.02. The molecule has 1 aliphatic rings. The van der Waals surface area contributed by atoms with Crippen LogP contribution in [0.15, 0.2) is 4.52 Å². The molecule has 5 heteroatoms. The average Bonchev–Trinajstić information content (AvgIpc) is 2.42. The van der Waals surface area contributed by atoms with Crippen molar-refractivity contribution in [3.63, 3.8) is 0 Å². The Kier molecular flexibility index (Phi) is 2.85. The summed E-state index contributed by atoms with van der Waals surface area (Å²) in [6.45, 7) is 4.17. The summed E-state index contributed by atoms with van der Waals surface area (Å²) in [6, 6.07) is 0. The van der Waals surface area contributed by atoms with Crippen LogP contribution in [0.2, 0.25) is 0 Å². The van der Waals surface area contributed by atoms with E-state index in [2.05, 4.69) is 15.5 Å². The van der Waals surface area contributed by atoms with Crippen LogP contribution >= 0.6 is 11.8 Å². The minimum absolute atomic E-state index is 0.723. The number of hydrogen-bond donors (Lipinski definition) is 1. The van der Waals surface area contributed by atoms with Crippen molar-refractivity contribution < 1.29 is 4.52 Å². The summed E-state index contributed by atoms with van der Waals surface area (Å²) in [6.07, 6.45) is 0. The van der Waals surface area contributed by atoms with Gasteiger partial charge in [0.25, 0.3) is 0 Å². The molecule has 1 aliphatic heterocycles.